The van der Waals surface area contributed by atoms with Crippen LogP contribution in [0.15, 0.2) is 4.99 Å². The third-order valence-electron chi connectivity index (χ3n) is 1.78. The average molecular weight is 246 g/mol. The number of methoxy groups -OCH3 is 1. The van der Waals surface area contributed by atoms with Crippen LogP contribution < -0.4 is 15.4 Å². The molecule has 0 atom stereocenters. The van der Waals surface area contributed by atoms with Crippen LogP contribution in [0.2, 0.25) is 5.15 Å². The van der Waals surface area contributed by atoms with Gasteiger partial charge in [-0.05, 0) is 6.92 Å². The van der Waals surface area contributed by atoms with Crippen LogP contribution in [0.5, 0.6) is 5.88 Å². The average Bonchev–Trinajstić information content (AvgIpc) is 2.50. The molecule has 1 aromatic heterocycles. The summed E-state index contributed by atoms with van der Waals surface area (Å²) in [5.74, 6) is 0.442. The molecule has 1 aromatic rings. The summed E-state index contributed by atoms with van der Waals surface area (Å²) in [4.78, 5) is 11.5. The molecule has 0 saturated heterocycles. The number of guanidine groups is 1. The molecule has 0 unspecified atom stereocenters. The Bertz CT molecular complexity index is 580. The summed E-state index contributed by atoms with van der Waals surface area (Å²) in [6.07, 6.45) is 0. The number of nitrogens with zero attached hydrogens (tertiary/aromatic N) is 3. The van der Waals surface area contributed by atoms with Crippen LogP contribution in [0.1, 0.15) is 11.3 Å². The third-order valence-corrected chi connectivity index (χ3v) is 2.06. The minimum Gasteiger partial charge on any atom is -0.479 e. The Labute approximate surface area is 104 Å². The van der Waals surface area contributed by atoms with Crippen molar-refractivity contribution in [2.24, 2.45) is 4.99 Å². The van der Waals surface area contributed by atoms with E-state index in [1.165, 1.54) is 7.11 Å². The highest BCUT2D eigenvalue weighted by Crippen LogP contribution is 2.28. The first-order valence-electron chi connectivity index (χ1n) is 6.39. The summed E-state index contributed by atoms with van der Waals surface area (Å²) in [6, 6.07) is 0. The second kappa shape index (κ2) is 4.52. The molecule has 0 fully saturated rings. The number of anilines is 1. The van der Waals surface area contributed by atoms with Crippen LogP contribution >= 0.6 is 11.6 Å². The van der Waals surface area contributed by atoms with Crippen molar-refractivity contribution < 1.29 is 10.2 Å². The van der Waals surface area contributed by atoms with Gasteiger partial charge in [0.25, 0.3) is 0 Å². The predicted octanol–water partition coefficient (Wildman–Crippen LogP) is 0.818. The van der Waals surface area contributed by atoms with Gasteiger partial charge in [-0.15, -0.1) is 0 Å². The van der Waals surface area contributed by atoms with Gasteiger partial charge in [0.2, 0.25) is 5.88 Å². The van der Waals surface area contributed by atoms with Crippen LogP contribution in [0, 0.1) is 6.92 Å². The van der Waals surface area contributed by atoms with E-state index in [1.807, 2.05) is 0 Å². The Morgan fingerprint density at radius 3 is 3.00 bits per heavy atom. The van der Waals surface area contributed by atoms with E-state index in [0.717, 1.165) is 0 Å². The maximum atomic E-state index is 7.50. The van der Waals surface area contributed by atoms with Crippen LogP contribution in [-0.2, 0) is 0 Å². The predicted molar refractivity (Wildman–Crippen MR) is 62.3 cm³/mol. The standard InChI is InChI=1S/C9H12ClN5O/c1-5-13-7(10)6(8(14-5)16-2)15-9-11-3-4-12-9/h3-4H2,1-2H3,(H2,11,12,15)/i3D2,4D2. The van der Waals surface area contributed by atoms with Crippen molar-refractivity contribution in [1.82, 2.24) is 15.3 Å². The van der Waals surface area contributed by atoms with Crippen LogP contribution in [0.25, 0.3) is 0 Å². The van der Waals surface area contributed by atoms with Crippen molar-refractivity contribution in [2.75, 3.05) is 25.4 Å². The Morgan fingerprint density at radius 2 is 2.38 bits per heavy atom. The summed E-state index contributed by atoms with van der Waals surface area (Å²) in [6.45, 7) is -3.10. The SMILES string of the molecule is [2H]C1([2H])N=C(Nc2c(Cl)nc(C)nc2OC)NC1([2H])[2H]. The molecule has 0 radical (unpaired) electrons. The second-order valence-electron chi connectivity index (χ2n) is 2.89. The first kappa shape index (κ1) is 6.90. The Kier molecular flexibility index (Phi) is 1.95. The van der Waals surface area contributed by atoms with Gasteiger partial charge in [-0.25, -0.2) is 4.98 Å². The molecule has 1 aliphatic rings. The van der Waals surface area contributed by atoms with E-state index in [0.29, 0.717) is 5.82 Å². The maximum Gasteiger partial charge on any atom is 0.242 e. The molecule has 0 aliphatic carbocycles. The fourth-order valence-electron chi connectivity index (χ4n) is 1.14. The Morgan fingerprint density at radius 1 is 1.56 bits per heavy atom. The number of rotatable bonds is 2. The Hall–Kier alpha value is -1.56. The first-order chi connectivity index (χ1) is 9.16. The lowest BCUT2D eigenvalue weighted by atomic mass is 10.4. The van der Waals surface area contributed by atoms with Gasteiger partial charge in [0.1, 0.15) is 11.5 Å². The number of ether oxygens (including phenoxy) is 1. The monoisotopic (exact) mass is 245 g/mol. The molecular weight excluding hydrogens is 230 g/mol. The molecular formula is C9H12ClN5O. The quantitative estimate of drug-likeness (QED) is 0.755. The van der Waals surface area contributed by atoms with Crippen molar-refractivity contribution in [1.29, 1.82) is 0 Å². The van der Waals surface area contributed by atoms with Crippen LogP contribution in [0.4, 0.5) is 5.69 Å². The smallest absolute Gasteiger partial charge is 0.242 e. The number of hydrogen-bond donors (Lipinski definition) is 2. The van der Waals surface area contributed by atoms with Gasteiger partial charge in [0.05, 0.1) is 19.1 Å². The fraction of sp³-hybridized carbons (Fsp3) is 0.444. The number of halogens is 1. The summed E-state index contributed by atoms with van der Waals surface area (Å²) in [5.41, 5.74) is 0.180. The van der Waals surface area contributed by atoms with E-state index in [-0.39, 0.29) is 22.7 Å². The number of nitrogens with one attached hydrogen (secondary N) is 2. The lowest BCUT2D eigenvalue weighted by molar-refractivity contribution is 0.398. The van der Waals surface area contributed by atoms with Crippen molar-refractivity contribution in [3.05, 3.63) is 11.0 Å². The minimum atomic E-state index is -2.40. The zero-order valence-corrected chi connectivity index (χ0v) is 9.38. The molecule has 2 rings (SSSR count). The highest BCUT2D eigenvalue weighted by Gasteiger charge is 2.15. The topological polar surface area (TPSA) is 71.4 Å². The lowest BCUT2D eigenvalue weighted by Gasteiger charge is -2.11. The molecule has 0 aromatic carbocycles. The van der Waals surface area contributed by atoms with E-state index in [4.69, 9.17) is 21.8 Å². The van der Waals surface area contributed by atoms with E-state index in [1.54, 1.807) is 6.92 Å². The largest absolute Gasteiger partial charge is 0.479 e. The summed E-state index contributed by atoms with van der Waals surface area (Å²) in [5, 5.41) is 5.00. The molecule has 2 N–H and O–H groups in total. The first-order valence-corrected chi connectivity index (χ1v) is 4.77. The van der Waals surface area contributed by atoms with Crippen molar-refractivity contribution in [3.8, 4) is 5.88 Å². The van der Waals surface area contributed by atoms with Gasteiger partial charge >= 0.3 is 0 Å². The highest BCUT2D eigenvalue weighted by atomic mass is 35.5. The molecule has 0 spiro atoms. The third kappa shape index (κ3) is 2.16. The molecule has 6 nitrogen and oxygen atoms in total. The molecule has 0 saturated carbocycles. The van der Waals surface area contributed by atoms with Crippen LogP contribution in [-0.4, -0.2) is 36.0 Å². The van der Waals surface area contributed by atoms with Gasteiger partial charge in [-0.3, -0.25) is 4.99 Å². The summed E-state index contributed by atoms with van der Waals surface area (Å²) < 4.78 is 35.0. The van der Waals surface area contributed by atoms with Gasteiger partial charge in [0.15, 0.2) is 11.1 Å². The lowest BCUT2D eigenvalue weighted by Crippen LogP contribution is -2.26. The molecule has 86 valence electrons. The molecule has 16 heavy (non-hydrogen) atoms. The highest BCUT2D eigenvalue weighted by molar-refractivity contribution is 6.32. The maximum absolute atomic E-state index is 7.50. The summed E-state index contributed by atoms with van der Waals surface area (Å²) in [7, 11) is 1.39. The molecule has 2 heterocycles. The van der Waals surface area contributed by atoms with E-state index < -0.39 is 13.0 Å². The molecule has 1 aliphatic heterocycles. The number of hydrogen-bond acceptors (Lipinski definition) is 6. The molecule has 0 bridgehead atoms. The number of aryl methyl sites for hydroxylation is 1. The minimum absolute atomic E-state index is 0.0619. The Balaban J connectivity index is 2.33. The zero-order valence-electron chi connectivity index (χ0n) is 12.6. The molecule has 0 amide bonds. The fourth-order valence-corrected chi connectivity index (χ4v) is 1.39. The van der Waals surface area contributed by atoms with E-state index in [9.17, 15) is 0 Å². The normalized spacial score (nSPS) is 24.3. The van der Waals surface area contributed by atoms with Gasteiger partial charge in [-0.2, -0.15) is 4.98 Å². The second-order valence-corrected chi connectivity index (χ2v) is 3.25. The van der Waals surface area contributed by atoms with Crippen molar-refractivity contribution in [2.45, 2.75) is 6.92 Å². The summed E-state index contributed by atoms with van der Waals surface area (Å²) >= 11 is 5.97. The number of aromatic nitrogens is 2. The van der Waals surface area contributed by atoms with Crippen LogP contribution in [0.3, 0.4) is 0 Å². The van der Waals surface area contributed by atoms with Gasteiger partial charge in [-0.1, -0.05) is 11.6 Å². The number of aliphatic imine (C=N–C) groups is 1. The van der Waals surface area contributed by atoms with E-state index in [2.05, 4.69) is 25.6 Å². The van der Waals surface area contributed by atoms with Gasteiger partial charge in [0, 0.05) is 6.50 Å². The zero-order chi connectivity index (χ0) is 15.1. The van der Waals surface area contributed by atoms with Gasteiger partial charge < -0.3 is 15.4 Å². The molecule has 7 heteroatoms. The van der Waals surface area contributed by atoms with Crippen molar-refractivity contribution in [3.63, 3.8) is 0 Å². The van der Waals surface area contributed by atoms with E-state index >= 15 is 0 Å². The van der Waals surface area contributed by atoms with Crippen molar-refractivity contribution >= 4 is 23.2 Å².